The molecule has 138 valence electrons. The van der Waals surface area contributed by atoms with E-state index in [0.29, 0.717) is 5.16 Å². The number of hydrogen-bond donors (Lipinski definition) is 1. The standard InChI is InChI=1S/C19H18N4O3S/c1-13-3-8-17(14(2)11-13)21-18(24)12-27-19-20-9-10-22(19)15-4-6-16(7-5-15)23(25)26/h3-11H,12H2,1-2H3,(H,21,24). The molecule has 8 heteroatoms. The van der Waals surface area contributed by atoms with Crippen molar-refractivity contribution >= 4 is 29.0 Å². The van der Waals surface area contributed by atoms with Crippen LogP contribution in [0.3, 0.4) is 0 Å². The Balaban J connectivity index is 1.66. The van der Waals surface area contributed by atoms with Crippen molar-refractivity contribution in [3.63, 3.8) is 0 Å². The molecule has 1 aromatic heterocycles. The second kappa shape index (κ2) is 8.05. The van der Waals surface area contributed by atoms with Gasteiger partial charge in [-0.1, -0.05) is 29.5 Å². The fourth-order valence-corrected chi connectivity index (χ4v) is 3.37. The number of nitro benzene ring substituents is 1. The van der Waals surface area contributed by atoms with Crippen LogP contribution in [0.2, 0.25) is 0 Å². The van der Waals surface area contributed by atoms with Gasteiger partial charge in [-0.25, -0.2) is 4.98 Å². The molecule has 0 unspecified atom stereocenters. The third-order valence-corrected chi connectivity index (χ3v) is 4.90. The van der Waals surface area contributed by atoms with Crippen molar-refractivity contribution in [2.45, 2.75) is 19.0 Å². The molecular formula is C19H18N4O3S. The van der Waals surface area contributed by atoms with E-state index in [1.165, 1.54) is 23.9 Å². The molecule has 1 amide bonds. The molecule has 1 N–H and O–H groups in total. The number of thioether (sulfide) groups is 1. The number of anilines is 1. The Kier molecular flexibility index (Phi) is 5.56. The first-order chi connectivity index (χ1) is 12.9. The smallest absolute Gasteiger partial charge is 0.269 e. The minimum atomic E-state index is -0.440. The lowest BCUT2D eigenvalue weighted by molar-refractivity contribution is -0.384. The van der Waals surface area contributed by atoms with E-state index < -0.39 is 4.92 Å². The average molecular weight is 382 g/mol. The molecule has 27 heavy (non-hydrogen) atoms. The number of amides is 1. The molecule has 0 radical (unpaired) electrons. The topological polar surface area (TPSA) is 90.1 Å². The summed E-state index contributed by atoms with van der Waals surface area (Å²) in [5.74, 6) is 0.0855. The second-order valence-electron chi connectivity index (χ2n) is 6.01. The number of rotatable bonds is 6. The molecule has 7 nitrogen and oxygen atoms in total. The van der Waals surface area contributed by atoms with Crippen LogP contribution in [0.25, 0.3) is 5.69 Å². The lowest BCUT2D eigenvalue weighted by Gasteiger charge is -2.10. The molecule has 0 aliphatic carbocycles. The Morgan fingerprint density at radius 2 is 1.96 bits per heavy atom. The largest absolute Gasteiger partial charge is 0.325 e. The van der Waals surface area contributed by atoms with Gasteiger partial charge < -0.3 is 5.32 Å². The van der Waals surface area contributed by atoms with Gasteiger partial charge in [0.2, 0.25) is 5.91 Å². The number of carbonyl (C=O) groups is 1. The number of non-ortho nitro benzene ring substituents is 1. The van der Waals surface area contributed by atoms with Crippen LogP contribution in [0.4, 0.5) is 11.4 Å². The Morgan fingerprint density at radius 3 is 2.63 bits per heavy atom. The summed E-state index contributed by atoms with van der Waals surface area (Å²) in [5, 5.41) is 14.3. The summed E-state index contributed by atoms with van der Waals surface area (Å²) in [6.07, 6.45) is 3.39. The van der Waals surface area contributed by atoms with Crippen LogP contribution >= 0.6 is 11.8 Å². The molecule has 0 fully saturated rings. The van der Waals surface area contributed by atoms with Crippen LogP contribution in [0.1, 0.15) is 11.1 Å². The SMILES string of the molecule is Cc1ccc(NC(=O)CSc2nccn2-c2ccc([N+](=O)[O-])cc2)c(C)c1. The normalized spacial score (nSPS) is 10.6. The van der Waals surface area contributed by atoms with E-state index in [-0.39, 0.29) is 17.3 Å². The van der Waals surface area contributed by atoms with Gasteiger partial charge in [-0.05, 0) is 37.6 Å². The highest BCUT2D eigenvalue weighted by molar-refractivity contribution is 7.99. The first kappa shape index (κ1) is 18.7. The first-order valence-corrected chi connectivity index (χ1v) is 9.20. The molecular weight excluding hydrogens is 364 g/mol. The zero-order valence-corrected chi connectivity index (χ0v) is 15.7. The van der Waals surface area contributed by atoms with Gasteiger partial charge in [0.05, 0.1) is 10.7 Å². The molecule has 0 aliphatic heterocycles. The van der Waals surface area contributed by atoms with E-state index in [1.54, 1.807) is 29.1 Å². The maximum Gasteiger partial charge on any atom is 0.269 e. The van der Waals surface area contributed by atoms with Gasteiger partial charge in [-0.3, -0.25) is 19.5 Å². The minimum Gasteiger partial charge on any atom is -0.325 e. The van der Waals surface area contributed by atoms with Crippen LogP contribution in [0, 0.1) is 24.0 Å². The summed E-state index contributed by atoms with van der Waals surface area (Å²) in [4.78, 5) is 26.9. The Hall–Kier alpha value is -3.13. The van der Waals surface area contributed by atoms with Crippen molar-refractivity contribution < 1.29 is 9.72 Å². The van der Waals surface area contributed by atoms with E-state index in [0.717, 1.165) is 22.5 Å². The third kappa shape index (κ3) is 4.53. The van der Waals surface area contributed by atoms with Gasteiger partial charge in [-0.2, -0.15) is 0 Å². The first-order valence-electron chi connectivity index (χ1n) is 8.22. The highest BCUT2D eigenvalue weighted by atomic mass is 32.2. The number of nitrogens with zero attached hydrogens (tertiary/aromatic N) is 3. The second-order valence-corrected chi connectivity index (χ2v) is 6.95. The summed E-state index contributed by atoms with van der Waals surface area (Å²) >= 11 is 1.30. The van der Waals surface area contributed by atoms with Crippen molar-refractivity contribution in [1.82, 2.24) is 9.55 Å². The summed E-state index contributed by atoms with van der Waals surface area (Å²) < 4.78 is 1.79. The van der Waals surface area contributed by atoms with Gasteiger partial charge in [-0.15, -0.1) is 0 Å². The summed E-state index contributed by atoms with van der Waals surface area (Å²) in [5.41, 5.74) is 3.73. The van der Waals surface area contributed by atoms with Crippen LogP contribution < -0.4 is 5.32 Å². The summed E-state index contributed by atoms with van der Waals surface area (Å²) in [7, 11) is 0. The number of aromatic nitrogens is 2. The fourth-order valence-electron chi connectivity index (χ4n) is 2.60. The molecule has 0 bridgehead atoms. The number of nitro groups is 1. The van der Waals surface area contributed by atoms with Crippen LogP contribution in [-0.4, -0.2) is 26.1 Å². The van der Waals surface area contributed by atoms with Gasteiger partial charge in [0.1, 0.15) is 0 Å². The number of imidazole rings is 1. The maximum absolute atomic E-state index is 12.3. The molecule has 0 aliphatic rings. The highest BCUT2D eigenvalue weighted by Crippen LogP contribution is 2.23. The molecule has 0 atom stereocenters. The lowest BCUT2D eigenvalue weighted by Crippen LogP contribution is -2.15. The zero-order valence-electron chi connectivity index (χ0n) is 14.9. The number of nitrogens with one attached hydrogen (secondary N) is 1. The number of aryl methyl sites for hydroxylation is 2. The molecule has 0 spiro atoms. The van der Waals surface area contributed by atoms with E-state index in [4.69, 9.17) is 0 Å². The third-order valence-electron chi connectivity index (χ3n) is 3.93. The van der Waals surface area contributed by atoms with E-state index in [1.807, 2.05) is 32.0 Å². The van der Waals surface area contributed by atoms with Crippen molar-refractivity contribution in [3.05, 3.63) is 76.1 Å². The predicted octanol–water partition coefficient (Wildman–Crippen LogP) is 4.13. The number of benzene rings is 2. The number of hydrogen-bond acceptors (Lipinski definition) is 5. The molecule has 0 saturated carbocycles. The van der Waals surface area contributed by atoms with Crippen molar-refractivity contribution in [2.24, 2.45) is 0 Å². The van der Waals surface area contributed by atoms with Gasteiger partial charge >= 0.3 is 0 Å². The molecule has 3 aromatic rings. The average Bonchev–Trinajstić information content (AvgIpc) is 3.11. The number of carbonyl (C=O) groups excluding carboxylic acids is 1. The maximum atomic E-state index is 12.3. The van der Waals surface area contributed by atoms with E-state index in [2.05, 4.69) is 10.3 Å². The van der Waals surface area contributed by atoms with Crippen LogP contribution in [0.15, 0.2) is 60.0 Å². The highest BCUT2D eigenvalue weighted by Gasteiger charge is 2.11. The quantitative estimate of drug-likeness (QED) is 0.393. The lowest BCUT2D eigenvalue weighted by atomic mass is 10.1. The molecule has 2 aromatic carbocycles. The summed E-state index contributed by atoms with van der Waals surface area (Å²) in [6.45, 7) is 3.96. The van der Waals surface area contributed by atoms with Crippen molar-refractivity contribution in [3.8, 4) is 5.69 Å². The van der Waals surface area contributed by atoms with Crippen molar-refractivity contribution in [1.29, 1.82) is 0 Å². The Morgan fingerprint density at radius 1 is 1.22 bits per heavy atom. The molecule has 3 rings (SSSR count). The fraction of sp³-hybridized carbons (Fsp3) is 0.158. The van der Waals surface area contributed by atoms with E-state index >= 15 is 0 Å². The Labute approximate surface area is 160 Å². The predicted molar refractivity (Wildman–Crippen MR) is 105 cm³/mol. The Bertz CT molecular complexity index is 983. The monoisotopic (exact) mass is 382 g/mol. The minimum absolute atomic E-state index is 0.0286. The zero-order chi connectivity index (χ0) is 19.4. The van der Waals surface area contributed by atoms with Crippen LogP contribution in [0.5, 0.6) is 0 Å². The molecule has 0 saturated heterocycles. The van der Waals surface area contributed by atoms with Crippen molar-refractivity contribution in [2.75, 3.05) is 11.1 Å². The van der Waals surface area contributed by atoms with Gasteiger partial charge in [0, 0.05) is 35.9 Å². The summed E-state index contributed by atoms with van der Waals surface area (Å²) in [6, 6.07) is 12.1. The van der Waals surface area contributed by atoms with Crippen LogP contribution in [-0.2, 0) is 4.79 Å². The molecule has 1 heterocycles. The van der Waals surface area contributed by atoms with Gasteiger partial charge in [0.15, 0.2) is 5.16 Å². The van der Waals surface area contributed by atoms with Gasteiger partial charge in [0.25, 0.3) is 5.69 Å². The van der Waals surface area contributed by atoms with E-state index in [9.17, 15) is 14.9 Å².